The van der Waals surface area contributed by atoms with Crippen molar-refractivity contribution in [3.8, 4) is 0 Å². The zero-order chi connectivity index (χ0) is 15.6. The Morgan fingerprint density at radius 3 is 2.57 bits per heavy atom. The van der Waals surface area contributed by atoms with Crippen molar-refractivity contribution >= 4 is 23.2 Å². The van der Waals surface area contributed by atoms with Gasteiger partial charge in [0.2, 0.25) is 0 Å². The van der Waals surface area contributed by atoms with Gasteiger partial charge in [-0.15, -0.1) is 0 Å². The first-order chi connectivity index (χ1) is 9.97. The first-order valence-electron chi connectivity index (χ1n) is 7.13. The van der Waals surface area contributed by atoms with Crippen molar-refractivity contribution in [2.24, 2.45) is 0 Å². The fraction of sp³-hybridized carbons (Fsp3) is 0.438. The Hall–Kier alpha value is -1.03. The van der Waals surface area contributed by atoms with Crippen LogP contribution in [-0.4, -0.2) is 16.8 Å². The van der Waals surface area contributed by atoms with E-state index in [1.807, 2.05) is 31.6 Å². The molecule has 1 aromatic carbocycles. The van der Waals surface area contributed by atoms with Gasteiger partial charge in [-0.1, -0.05) is 35.3 Å². The standard InChI is InChI=1S/C16H21Cl2N3/c1-5-21-15(16(18)11(3)20-21)9-14(19-4)12-7-6-10(2)8-13(12)17/h6-8,14,19H,5,9H2,1-4H3. The Kier molecular flexibility index (Phi) is 5.31. The van der Waals surface area contributed by atoms with Gasteiger partial charge in [0, 0.05) is 24.0 Å². The second-order valence-corrected chi connectivity index (χ2v) is 6.02. The van der Waals surface area contributed by atoms with Crippen LogP contribution in [0.5, 0.6) is 0 Å². The third-order valence-corrected chi connectivity index (χ3v) is 4.55. The predicted molar refractivity (Wildman–Crippen MR) is 89.3 cm³/mol. The van der Waals surface area contributed by atoms with Crippen LogP contribution in [0.25, 0.3) is 0 Å². The normalized spacial score (nSPS) is 12.7. The summed E-state index contributed by atoms with van der Waals surface area (Å²) in [5, 5.41) is 9.33. The number of aryl methyl sites for hydroxylation is 3. The average molecular weight is 326 g/mol. The first-order valence-corrected chi connectivity index (χ1v) is 7.88. The molecule has 0 aliphatic rings. The fourth-order valence-electron chi connectivity index (χ4n) is 2.54. The molecule has 0 bridgehead atoms. The molecule has 0 spiro atoms. The van der Waals surface area contributed by atoms with Crippen LogP contribution in [-0.2, 0) is 13.0 Å². The van der Waals surface area contributed by atoms with Gasteiger partial charge in [0.05, 0.1) is 16.4 Å². The second-order valence-electron chi connectivity index (χ2n) is 5.23. The van der Waals surface area contributed by atoms with Crippen LogP contribution >= 0.6 is 23.2 Å². The molecule has 0 radical (unpaired) electrons. The molecule has 1 aromatic heterocycles. The lowest BCUT2D eigenvalue weighted by molar-refractivity contribution is 0.541. The van der Waals surface area contributed by atoms with Gasteiger partial charge in [-0.25, -0.2) is 0 Å². The molecule has 0 fully saturated rings. The molecule has 0 aliphatic heterocycles. The lowest BCUT2D eigenvalue weighted by Gasteiger charge is -2.19. The van der Waals surface area contributed by atoms with E-state index in [9.17, 15) is 0 Å². The molecule has 0 saturated heterocycles. The van der Waals surface area contributed by atoms with E-state index in [0.29, 0.717) is 0 Å². The molecule has 2 aromatic rings. The number of hydrogen-bond acceptors (Lipinski definition) is 2. The highest BCUT2D eigenvalue weighted by atomic mass is 35.5. The van der Waals surface area contributed by atoms with Crippen LogP contribution in [0.4, 0.5) is 0 Å². The first kappa shape index (κ1) is 16.3. The van der Waals surface area contributed by atoms with Crippen molar-refractivity contribution < 1.29 is 0 Å². The summed E-state index contributed by atoms with van der Waals surface area (Å²) in [6.07, 6.45) is 0.757. The van der Waals surface area contributed by atoms with E-state index in [0.717, 1.165) is 45.5 Å². The van der Waals surface area contributed by atoms with Gasteiger partial charge in [0.15, 0.2) is 0 Å². The number of nitrogens with zero attached hydrogens (tertiary/aromatic N) is 2. The molecular weight excluding hydrogens is 305 g/mol. The minimum atomic E-state index is 0.108. The van der Waals surface area contributed by atoms with E-state index in [-0.39, 0.29) is 6.04 Å². The topological polar surface area (TPSA) is 29.9 Å². The molecule has 0 saturated carbocycles. The smallest absolute Gasteiger partial charge is 0.0847 e. The van der Waals surface area contributed by atoms with E-state index in [4.69, 9.17) is 23.2 Å². The third-order valence-electron chi connectivity index (χ3n) is 3.73. The summed E-state index contributed by atoms with van der Waals surface area (Å²) >= 11 is 12.8. The zero-order valence-corrected chi connectivity index (χ0v) is 14.4. The summed E-state index contributed by atoms with van der Waals surface area (Å²) in [4.78, 5) is 0. The summed E-state index contributed by atoms with van der Waals surface area (Å²) < 4.78 is 1.96. The number of rotatable bonds is 5. The van der Waals surface area contributed by atoms with Crippen LogP contribution in [0.2, 0.25) is 10.0 Å². The molecule has 1 atom stereocenters. The number of nitrogens with one attached hydrogen (secondary N) is 1. The molecule has 1 heterocycles. The zero-order valence-electron chi connectivity index (χ0n) is 12.9. The molecule has 0 aliphatic carbocycles. The van der Waals surface area contributed by atoms with Crippen molar-refractivity contribution in [3.05, 3.63) is 50.8 Å². The van der Waals surface area contributed by atoms with Crippen molar-refractivity contribution in [3.63, 3.8) is 0 Å². The summed E-state index contributed by atoms with van der Waals surface area (Å²) in [6, 6.07) is 6.25. The summed E-state index contributed by atoms with van der Waals surface area (Å²) in [6.45, 7) is 6.85. The van der Waals surface area contributed by atoms with Crippen molar-refractivity contribution in [1.29, 1.82) is 0 Å². The van der Waals surface area contributed by atoms with Gasteiger partial charge in [0.1, 0.15) is 0 Å². The molecule has 5 heteroatoms. The highest BCUT2D eigenvalue weighted by Crippen LogP contribution is 2.30. The summed E-state index contributed by atoms with van der Waals surface area (Å²) in [5.74, 6) is 0. The van der Waals surface area contributed by atoms with Gasteiger partial charge in [-0.3, -0.25) is 4.68 Å². The highest BCUT2D eigenvalue weighted by molar-refractivity contribution is 6.32. The maximum Gasteiger partial charge on any atom is 0.0847 e. The van der Waals surface area contributed by atoms with Gasteiger partial charge in [-0.2, -0.15) is 5.10 Å². The molecule has 114 valence electrons. The molecule has 3 nitrogen and oxygen atoms in total. The van der Waals surface area contributed by atoms with E-state index >= 15 is 0 Å². The fourth-order valence-corrected chi connectivity index (χ4v) is 3.12. The lowest BCUT2D eigenvalue weighted by Crippen LogP contribution is -2.21. The van der Waals surface area contributed by atoms with E-state index in [1.54, 1.807) is 0 Å². The Labute approximate surface area is 136 Å². The number of hydrogen-bond donors (Lipinski definition) is 1. The maximum absolute atomic E-state index is 6.40. The molecule has 1 unspecified atom stereocenters. The van der Waals surface area contributed by atoms with Crippen molar-refractivity contribution in [1.82, 2.24) is 15.1 Å². The third kappa shape index (κ3) is 3.42. The summed E-state index contributed by atoms with van der Waals surface area (Å²) in [5.41, 5.74) is 4.17. The Morgan fingerprint density at radius 2 is 2.00 bits per heavy atom. The van der Waals surface area contributed by atoms with E-state index < -0.39 is 0 Å². The minimum absolute atomic E-state index is 0.108. The second kappa shape index (κ2) is 6.82. The highest BCUT2D eigenvalue weighted by Gasteiger charge is 2.19. The maximum atomic E-state index is 6.40. The van der Waals surface area contributed by atoms with Gasteiger partial charge in [-0.05, 0) is 45.0 Å². The molecule has 21 heavy (non-hydrogen) atoms. The Bertz CT molecular complexity index is 635. The quantitative estimate of drug-likeness (QED) is 0.886. The van der Waals surface area contributed by atoms with Crippen LogP contribution in [0.1, 0.15) is 35.5 Å². The molecular formula is C16H21Cl2N3. The number of aromatic nitrogens is 2. The molecule has 0 amide bonds. The van der Waals surface area contributed by atoms with E-state index in [2.05, 4.69) is 29.5 Å². The predicted octanol–water partition coefficient (Wildman–Crippen LogP) is 4.33. The lowest BCUT2D eigenvalue weighted by atomic mass is 10.0. The van der Waals surface area contributed by atoms with Crippen molar-refractivity contribution in [2.75, 3.05) is 7.05 Å². The largest absolute Gasteiger partial charge is 0.313 e. The number of halogens is 2. The van der Waals surface area contributed by atoms with Crippen LogP contribution in [0.15, 0.2) is 18.2 Å². The van der Waals surface area contributed by atoms with Crippen molar-refractivity contribution in [2.45, 2.75) is 39.8 Å². The van der Waals surface area contributed by atoms with Crippen LogP contribution in [0, 0.1) is 13.8 Å². The van der Waals surface area contributed by atoms with Gasteiger partial charge in [0.25, 0.3) is 0 Å². The number of benzene rings is 1. The Balaban J connectivity index is 2.35. The monoisotopic (exact) mass is 325 g/mol. The Morgan fingerprint density at radius 1 is 1.29 bits per heavy atom. The molecule has 1 N–H and O–H groups in total. The van der Waals surface area contributed by atoms with Crippen LogP contribution in [0.3, 0.4) is 0 Å². The average Bonchev–Trinajstić information content (AvgIpc) is 2.72. The summed E-state index contributed by atoms with van der Waals surface area (Å²) in [7, 11) is 1.94. The van der Waals surface area contributed by atoms with Crippen LogP contribution < -0.4 is 5.32 Å². The van der Waals surface area contributed by atoms with Gasteiger partial charge >= 0.3 is 0 Å². The van der Waals surface area contributed by atoms with E-state index in [1.165, 1.54) is 0 Å². The molecule has 2 rings (SSSR count). The van der Waals surface area contributed by atoms with Gasteiger partial charge < -0.3 is 5.32 Å². The minimum Gasteiger partial charge on any atom is -0.313 e. The number of likely N-dealkylation sites (N-methyl/N-ethyl adjacent to an activating group) is 1. The SMILES string of the molecule is CCn1nc(C)c(Cl)c1CC(NC)c1ccc(C)cc1Cl.